The van der Waals surface area contributed by atoms with Crippen molar-refractivity contribution in [1.82, 2.24) is 15.3 Å². The number of para-hydroxylation sites is 2. The minimum Gasteiger partial charge on any atom is -0.346 e. The number of imidazole rings is 1. The van der Waals surface area contributed by atoms with Gasteiger partial charge >= 0.3 is 0 Å². The largest absolute Gasteiger partial charge is 0.346 e. The van der Waals surface area contributed by atoms with E-state index in [9.17, 15) is 9.18 Å². The Hall–Kier alpha value is -2.40. The maximum atomic E-state index is 13.7. The summed E-state index contributed by atoms with van der Waals surface area (Å²) in [6.45, 7) is 1.82. The van der Waals surface area contributed by atoms with Crippen LogP contribution in [0.1, 0.15) is 24.4 Å². The number of carbonyl (C=O) groups is 1. The molecule has 1 heterocycles. The van der Waals surface area contributed by atoms with Crippen molar-refractivity contribution in [3.05, 3.63) is 64.7 Å². The normalized spacial score (nSPS) is 12.3. The Bertz CT molecular complexity index is 809. The molecule has 0 radical (unpaired) electrons. The van der Waals surface area contributed by atoms with Gasteiger partial charge in [-0.15, -0.1) is 0 Å². The molecule has 0 aliphatic rings. The summed E-state index contributed by atoms with van der Waals surface area (Å²) in [6, 6.07) is 11.7. The molecule has 1 atom stereocenters. The Labute approximate surface area is 137 Å². The topological polar surface area (TPSA) is 57.8 Å². The highest BCUT2D eigenvalue weighted by molar-refractivity contribution is 6.31. The highest BCUT2D eigenvalue weighted by Crippen LogP contribution is 2.20. The van der Waals surface area contributed by atoms with E-state index in [-0.39, 0.29) is 29.0 Å². The van der Waals surface area contributed by atoms with E-state index >= 15 is 0 Å². The number of amides is 1. The molecule has 0 spiro atoms. The molecule has 0 bridgehead atoms. The third kappa shape index (κ3) is 3.35. The van der Waals surface area contributed by atoms with Crippen molar-refractivity contribution in [3.8, 4) is 0 Å². The van der Waals surface area contributed by atoms with Crippen LogP contribution in [-0.4, -0.2) is 15.9 Å². The fraction of sp³-hybridized carbons (Fsp3) is 0.176. The minimum atomic E-state index is -0.482. The first-order valence-electron chi connectivity index (χ1n) is 7.21. The first kappa shape index (κ1) is 15.5. The van der Waals surface area contributed by atoms with E-state index in [0.717, 1.165) is 11.0 Å². The lowest BCUT2D eigenvalue weighted by atomic mass is 10.1. The van der Waals surface area contributed by atoms with Crippen molar-refractivity contribution in [3.63, 3.8) is 0 Å². The van der Waals surface area contributed by atoms with Crippen LogP contribution in [0.15, 0.2) is 42.5 Å². The van der Waals surface area contributed by atoms with Crippen molar-refractivity contribution < 1.29 is 9.18 Å². The van der Waals surface area contributed by atoms with E-state index < -0.39 is 5.82 Å². The van der Waals surface area contributed by atoms with Crippen LogP contribution in [0.4, 0.5) is 4.39 Å². The van der Waals surface area contributed by atoms with Crippen molar-refractivity contribution in [2.75, 3.05) is 0 Å². The molecule has 2 N–H and O–H groups in total. The lowest BCUT2D eigenvalue weighted by molar-refractivity contribution is -0.121. The fourth-order valence-corrected chi connectivity index (χ4v) is 2.63. The van der Waals surface area contributed by atoms with E-state index in [1.54, 1.807) is 6.07 Å². The van der Waals surface area contributed by atoms with Gasteiger partial charge in [0.1, 0.15) is 11.6 Å². The highest BCUT2D eigenvalue weighted by atomic mass is 35.5. The van der Waals surface area contributed by atoms with Crippen LogP contribution in [0.25, 0.3) is 11.0 Å². The second kappa shape index (κ2) is 6.38. The zero-order chi connectivity index (χ0) is 16.4. The van der Waals surface area contributed by atoms with Gasteiger partial charge in [0.15, 0.2) is 0 Å². The number of hydrogen-bond acceptors (Lipinski definition) is 2. The summed E-state index contributed by atoms with van der Waals surface area (Å²) in [7, 11) is 0. The molecule has 0 unspecified atom stereocenters. The van der Waals surface area contributed by atoms with E-state index in [1.165, 1.54) is 12.1 Å². The monoisotopic (exact) mass is 331 g/mol. The van der Waals surface area contributed by atoms with Crippen LogP contribution in [0, 0.1) is 5.82 Å². The van der Waals surface area contributed by atoms with Gasteiger partial charge in [-0.05, 0) is 31.2 Å². The van der Waals surface area contributed by atoms with E-state index in [4.69, 9.17) is 11.6 Å². The van der Waals surface area contributed by atoms with Crippen LogP contribution in [0.2, 0.25) is 5.02 Å². The van der Waals surface area contributed by atoms with Gasteiger partial charge in [-0.3, -0.25) is 4.79 Å². The lowest BCUT2D eigenvalue weighted by Gasteiger charge is -2.12. The molecule has 6 heteroatoms. The van der Waals surface area contributed by atoms with Gasteiger partial charge in [0.2, 0.25) is 5.91 Å². The molecule has 1 amide bonds. The third-order valence-electron chi connectivity index (χ3n) is 3.59. The van der Waals surface area contributed by atoms with E-state index in [0.29, 0.717) is 5.82 Å². The van der Waals surface area contributed by atoms with E-state index in [1.807, 2.05) is 31.2 Å². The number of aromatic nitrogens is 2. The van der Waals surface area contributed by atoms with Crippen molar-refractivity contribution in [2.24, 2.45) is 0 Å². The van der Waals surface area contributed by atoms with Gasteiger partial charge in [0.25, 0.3) is 0 Å². The van der Waals surface area contributed by atoms with Crippen LogP contribution in [0.5, 0.6) is 0 Å². The summed E-state index contributed by atoms with van der Waals surface area (Å²) in [5.41, 5.74) is 1.94. The number of fused-ring (bicyclic) bond motifs is 1. The minimum absolute atomic E-state index is 0.115. The maximum Gasteiger partial charge on any atom is 0.225 e. The zero-order valence-electron chi connectivity index (χ0n) is 12.4. The average molecular weight is 332 g/mol. The quantitative estimate of drug-likeness (QED) is 0.764. The van der Waals surface area contributed by atoms with Crippen molar-refractivity contribution >= 4 is 28.5 Å². The number of aromatic amines is 1. The lowest BCUT2D eigenvalue weighted by Crippen LogP contribution is -2.29. The average Bonchev–Trinajstić information content (AvgIpc) is 2.95. The predicted octanol–water partition coefficient (Wildman–Crippen LogP) is 3.78. The molecule has 1 aromatic heterocycles. The molecule has 3 aromatic rings. The standard InChI is InChI=1S/C17H15ClFN3O/c1-10(17-21-14-7-2-3-8-15(14)22-17)20-16(23)9-11-12(18)5-4-6-13(11)19/h2-8,10H,9H2,1H3,(H,20,23)(H,21,22)/t10-/m0/s1. The summed E-state index contributed by atoms with van der Waals surface area (Å²) in [5, 5.41) is 3.05. The molecular formula is C17H15ClFN3O. The van der Waals surface area contributed by atoms with Gasteiger partial charge < -0.3 is 10.3 Å². The fourth-order valence-electron chi connectivity index (χ4n) is 2.40. The number of nitrogens with zero attached hydrogens (tertiary/aromatic N) is 1. The SMILES string of the molecule is C[C@H](NC(=O)Cc1c(F)cccc1Cl)c1nc2ccccc2[nH]1. The Balaban J connectivity index is 1.72. The Kier molecular flexibility index (Phi) is 4.30. The van der Waals surface area contributed by atoms with Gasteiger partial charge in [-0.25, -0.2) is 9.37 Å². The highest BCUT2D eigenvalue weighted by Gasteiger charge is 2.16. The molecule has 4 nitrogen and oxygen atoms in total. The van der Waals surface area contributed by atoms with Crippen LogP contribution in [0.3, 0.4) is 0 Å². The summed E-state index contributed by atoms with van der Waals surface area (Å²) in [6.07, 6.45) is -0.115. The molecule has 118 valence electrons. The number of H-pyrrole nitrogens is 1. The number of nitrogens with one attached hydrogen (secondary N) is 2. The van der Waals surface area contributed by atoms with Gasteiger partial charge in [-0.2, -0.15) is 0 Å². The second-order valence-electron chi connectivity index (χ2n) is 5.31. The molecule has 0 saturated carbocycles. The second-order valence-corrected chi connectivity index (χ2v) is 5.71. The summed E-state index contributed by atoms with van der Waals surface area (Å²) < 4.78 is 13.7. The van der Waals surface area contributed by atoms with Gasteiger partial charge in [-0.1, -0.05) is 29.8 Å². The molecule has 0 aliphatic carbocycles. The summed E-state index contributed by atoms with van der Waals surface area (Å²) in [4.78, 5) is 19.7. The number of benzene rings is 2. The van der Waals surface area contributed by atoms with Crippen LogP contribution in [-0.2, 0) is 11.2 Å². The van der Waals surface area contributed by atoms with Crippen molar-refractivity contribution in [1.29, 1.82) is 0 Å². The predicted molar refractivity (Wildman–Crippen MR) is 87.8 cm³/mol. The smallest absolute Gasteiger partial charge is 0.225 e. The zero-order valence-corrected chi connectivity index (χ0v) is 13.2. The Morgan fingerprint density at radius 3 is 2.83 bits per heavy atom. The molecular weight excluding hydrogens is 317 g/mol. The van der Waals surface area contributed by atoms with Crippen molar-refractivity contribution in [2.45, 2.75) is 19.4 Å². The molecule has 3 rings (SSSR count). The number of rotatable bonds is 4. The first-order valence-corrected chi connectivity index (χ1v) is 7.59. The first-order chi connectivity index (χ1) is 11.0. The van der Waals surface area contributed by atoms with Crippen LogP contribution < -0.4 is 5.32 Å². The Morgan fingerprint density at radius 1 is 1.30 bits per heavy atom. The number of hydrogen-bond donors (Lipinski definition) is 2. The number of halogens is 2. The van der Waals surface area contributed by atoms with Crippen LogP contribution >= 0.6 is 11.6 Å². The van der Waals surface area contributed by atoms with Gasteiger partial charge in [0, 0.05) is 10.6 Å². The summed E-state index contributed by atoms with van der Waals surface area (Å²) >= 11 is 5.94. The Morgan fingerprint density at radius 2 is 2.09 bits per heavy atom. The summed E-state index contributed by atoms with van der Waals surface area (Å²) in [5.74, 6) is -0.145. The maximum absolute atomic E-state index is 13.7. The van der Waals surface area contributed by atoms with E-state index in [2.05, 4.69) is 15.3 Å². The molecule has 23 heavy (non-hydrogen) atoms. The molecule has 0 aliphatic heterocycles. The molecule has 0 saturated heterocycles. The number of carbonyl (C=O) groups excluding carboxylic acids is 1. The third-order valence-corrected chi connectivity index (χ3v) is 3.95. The molecule has 0 fully saturated rings. The molecule has 2 aromatic carbocycles. The van der Waals surface area contributed by atoms with Gasteiger partial charge in [0.05, 0.1) is 23.5 Å².